The molecule has 0 fully saturated rings. The molecule has 15 heavy (non-hydrogen) atoms. The molecule has 1 amide bonds. The van der Waals surface area contributed by atoms with E-state index in [0.717, 1.165) is 0 Å². The van der Waals surface area contributed by atoms with Gasteiger partial charge in [-0.05, 0) is 20.9 Å². The standard InChI is InChI=1S/C10H21ClN2O2/c1-10(2,13(3)6-7-14)8-12-9(15)4-5-11/h14H,4-8H2,1-3H3,(H,12,15). The zero-order valence-electron chi connectivity index (χ0n) is 9.72. The molecule has 0 aromatic rings. The van der Waals surface area contributed by atoms with E-state index in [1.807, 2.05) is 25.8 Å². The molecule has 2 N–H and O–H groups in total. The van der Waals surface area contributed by atoms with Gasteiger partial charge < -0.3 is 10.4 Å². The molecular weight excluding hydrogens is 216 g/mol. The van der Waals surface area contributed by atoms with Crippen molar-refractivity contribution >= 4 is 17.5 Å². The lowest BCUT2D eigenvalue weighted by atomic mass is 10.0. The number of halogens is 1. The number of carbonyl (C=O) groups is 1. The van der Waals surface area contributed by atoms with Crippen molar-refractivity contribution in [3.05, 3.63) is 0 Å². The van der Waals surface area contributed by atoms with Gasteiger partial charge in [-0.15, -0.1) is 11.6 Å². The molecule has 0 aromatic carbocycles. The number of likely N-dealkylation sites (N-methyl/N-ethyl adjacent to an activating group) is 1. The predicted molar refractivity (Wildman–Crippen MR) is 62.1 cm³/mol. The fourth-order valence-electron chi connectivity index (χ4n) is 1.08. The van der Waals surface area contributed by atoms with Crippen LogP contribution in [0.15, 0.2) is 0 Å². The first kappa shape index (κ1) is 14.7. The zero-order valence-corrected chi connectivity index (χ0v) is 10.5. The second-order valence-corrected chi connectivity index (χ2v) is 4.55. The number of hydrogen-bond donors (Lipinski definition) is 2. The molecule has 0 saturated carbocycles. The third kappa shape index (κ3) is 5.97. The quantitative estimate of drug-likeness (QED) is 0.631. The summed E-state index contributed by atoms with van der Waals surface area (Å²) in [5.74, 6) is 0.314. The Morgan fingerprint density at radius 3 is 2.60 bits per heavy atom. The van der Waals surface area contributed by atoms with Crippen LogP contribution in [0.5, 0.6) is 0 Å². The summed E-state index contributed by atoms with van der Waals surface area (Å²) in [5, 5.41) is 11.6. The molecule has 4 nitrogen and oxygen atoms in total. The minimum atomic E-state index is -0.162. The van der Waals surface area contributed by atoms with Gasteiger partial charge in [0, 0.05) is 30.9 Å². The highest BCUT2D eigenvalue weighted by molar-refractivity contribution is 6.18. The molecule has 5 heteroatoms. The van der Waals surface area contributed by atoms with Crippen molar-refractivity contribution in [2.45, 2.75) is 25.8 Å². The average Bonchev–Trinajstić information content (AvgIpc) is 2.16. The van der Waals surface area contributed by atoms with Gasteiger partial charge in [-0.2, -0.15) is 0 Å². The first-order chi connectivity index (χ1) is 6.94. The van der Waals surface area contributed by atoms with E-state index in [9.17, 15) is 4.79 Å². The van der Waals surface area contributed by atoms with Crippen LogP contribution in [0.1, 0.15) is 20.3 Å². The number of aliphatic hydroxyl groups is 1. The third-order valence-electron chi connectivity index (χ3n) is 2.51. The highest BCUT2D eigenvalue weighted by atomic mass is 35.5. The van der Waals surface area contributed by atoms with Crippen LogP contribution in [0.4, 0.5) is 0 Å². The topological polar surface area (TPSA) is 52.6 Å². The minimum absolute atomic E-state index is 0.0320. The van der Waals surface area contributed by atoms with Crippen molar-refractivity contribution in [2.75, 3.05) is 32.6 Å². The van der Waals surface area contributed by atoms with Crippen molar-refractivity contribution < 1.29 is 9.90 Å². The largest absolute Gasteiger partial charge is 0.395 e. The lowest BCUT2D eigenvalue weighted by molar-refractivity contribution is -0.121. The van der Waals surface area contributed by atoms with E-state index in [1.165, 1.54) is 0 Å². The first-order valence-corrected chi connectivity index (χ1v) is 5.62. The SMILES string of the molecule is CN(CCO)C(C)(C)CNC(=O)CCCl. The van der Waals surface area contributed by atoms with Gasteiger partial charge in [0.2, 0.25) is 5.91 Å². The molecule has 0 heterocycles. The maximum absolute atomic E-state index is 11.2. The van der Waals surface area contributed by atoms with Crippen molar-refractivity contribution in [3.63, 3.8) is 0 Å². The van der Waals surface area contributed by atoms with Crippen molar-refractivity contribution in [3.8, 4) is 0 Å². The summed E-state index contributed by atoms with van der Waals surface area (Å²) in [6.07, 6.45) is 0.349. The highest BCUT2D eigenvalue weighted by Gasteiger charge is 2.23. The fraction of sp³-hybridized carbons (Fsp3) is 0.900. The Morgan fingerprint density at radius 2 is 2.13 bits per heavy atom. The molecule has 0 rings (SSSR count). The van der Waals surface area contributed by atoms with Gasteiger partial charge >= 0.3 is 0 Å². The highest BCUT2D eigenvalue weighted by Crippen LogP contribution is 2.10. The number of aliphatic hydroxyl groups excluding tert-OH is 1. The lowest BCUT2D eigenvalue weighted by Crippen LogP contribution is -2.50. The Kier molecular flexibility index (Phi) is 6.89. The van der Waals surface area contributed by atoms with Crippen LogP contribution in [-0.2, 0) is 4.79 Å². The third-order valence-corrected chi connectivity index (χ3v) is 2.70. The van der Waals surface area contributed by atoms with Crippen LogP contribution in [0.3, 0.4) is 0 Å². The maximum Gasteiger partial charge on any atom is 0.221 e. The molecule has 90 valence electrons. The number of alkyl halides is 1. The first-order valence-electron chi connectivity index (χ1n) is 5.09. The number of nitrogens with one attached hydrogen (secondary N) is 1. The molecule has 0 aromatic heterocycles. The number of amides is 1. The van der Waals surface area contributed by atoms with E-state index in [0.29, 0.717) is 25.4 Å². The van der Waals surface area contributed by atoms with Crippen LogP contribution in [0, 0.1) is 0 Å². The number of carbonyl (C=O) groups excluding carboxylic acids is 1. The summed E-state index contributed by atoms with van der Waals surface area (Å²) in [6, 6.07) is 0. The van der Waals surface area contributed by atoms with Crippen LogP contribution >= 0.6 is 11.6 Å². The zero-order chi connectivity index (χ0) is 11.9. The molecule has 0 radical (unpaired) electrons. The van der Waals surface area contributed by atoms with Gasteiger partial charge in [0.1, 0.15) is 0 Å². The summed E-state index contributed by atoms with van der Waals surface area (Å²) in [7, 11) is 1.92. The Hall–Kier alpha value is -0.320. The van der Waals surface area contributed by atoms with Gasteiger partial charge in [-0.3, -0.25) is 9.69 Å². The molecular formula is C10H21ClN2O2. The van der Waals surface area contributed by atoms with Crippen LogP contribution in [0.2, 0.25) is 0 Å². The maximum atomic E-state index is 11.2. The molecule has 0 atom stereocenters. The van der Waals surface area contributed by atoms with Crippen LogP contribution in [0.25, 0.3) is 0 Å². The monoisotopic (exact) mass is 236 g/mol. The number of hydrogen-bond acceptors (Lipinski definition) is 3. The molecule has 0 aliphatic rings. The van der Waals surface area contributed by atoms with Gasteiger partial charge in [-0.25, -0.2) is 0 Å². The molecule has 0 bridgehead atoms. The molecule has 0 aliphatic heterocycles. The predicted octanol–water partition coefficient (Wildman–Crippen LogP) is 0.434. The van der Waals surface area contributed by atoms with Crippen LogP contribution in [-0.4, -0.2) is 54.1 Å². The van der Waals surface area contributed by atoms with Crippen molar-refractivity contribution in [1.29, 1.82) is 0 Å². The van der Waals surface area contributed by atoms with E-state index in [-0.39, 0.29) is 18.1 Å². The number of β-amino-alcohol motifs (C(OH)–C–C–N with tert-alkyl or cyclic N) is 1. The van der Waals surface area contributed by atoms with Gasteiger partial charge in [0.25, 0.3) is 0 Å². The van der Waals surface area contributed by atoms with Crippen molar-refractivity contribution in [1.82, 2.24) is 10.2 Å². The molecule has 0 aliphatic carbocycles. The second kappa shape index (κ2) is 7.04. The fourth-order valence-corrected chi connectivity index (χ4v) is 1.25. The lowest BCUT2D eigenvalue weighted by Gasteiger charge is -2.35. The summed E-state index contributed by atoms with van der Waals surface area (Å²) >= 11 is 5.45. The van der Waals surface area contributed by atoms with Crippen LogP contribution < -0.4 is 5.32 Å². The average molecular weight is 237 g/mol. The summed E-state index contributed by atoms with van der Waals surface area (Å²) in [5.41, 5.74) is -0.162. The van der Waals surface area contributed by atoms with E-state index >= 15 is 0 Å². The summed E-state index contributed by atoms with van der Waals surface area (Å²) in [4.78, 5) is 13.2. The molecule has 0 unspecified atom stereocenters. The van der Waals surface area contributed by atoms with Gasteiger partial charge in [-0.1, -0.05) is 0 Å². The number of nitrogens with zero attached hydrogens (tertiary/aromatic N) is 1. The smallest absolute Gasteiger partial charge is 0.221 e. The van der Waals surface area contributed by atoms with Gasteiger partial charge in [0.05, 0.1) is 6.61 Å². The van der Waals surface area contributed by atoms with E-state index < -0.39 is 0 Å². The Morgan fingerprint density at radius 1 is 1.53 bits per heavy atom. The second-order valence-electron chi connectivity index (χ2n) is 4.17. The van der Waals surface area contributed by atoms with Crippen molar-refractivity contribution in [2.24, 2.45) is 0 Å². The summed E-state index contributed by atoms with van der Waals surface area (Å²) in [6.45, 7) is 5.31. The van der Waals surface area contributed by atoms with E-state index in [4.69, 9.17) is 16.7 Å². The Balaban J connectivity index is 3.97. The number of rotatable bonds is 7. The summed E-state index contributed by atoms with van der Waals surface area (Å²) < 4.78 is 0. The Bertz CT molecular complexity index is 198. The minimum Gasteiger partial charge on any atom is -0.395 e. The molecule has 0 saturated heterocycles. The molecule has 0 spiro atoms. The van der Waals surface area contributed by atoms with Gasteiger partial charge in [0.15, 0.2) is 0 Å². The van der Waals surface area contributed by atoms with E-state index in [1.54, 1.807) is 0 Å². The van der Waals surface area contributed by atoms with E-state index in [2.05, 4.69) is 5.32 Å². The Labute approximate surface area is 96.6 Å². The normalized spacial score (nSPS) is 11.9.